The number of hydrogen-bond acceptors (Lipinski definition) is 2. The molecule has 0 heterocycles. The molecular weight excluding hydrogens is 262 g/mol. The monoisotopic (exact) mass is 291 g/mol. The average molecular weight is 292 g/mol. The van der Waals surface area contributed by atoms with Gasteiger partial charge in [-0.3, -0.25) is 0 Å². The highest BCUT2D eigenvalue weighted by Gasteiger charge is 2.30. The fourth-order valence-corrected chi connectivity index (χ4v) is 4.37. The first-order valence-corrected chi connectivity index (χ1v) is 9.22. The minimum atomic E-state index is 0.579. The van der Waals surface area contributed by atoms with Gasteiger partial charge in [-0.2, -0.15) is 0 Å². The van der Waals surface area contributed by atoms with Gasteiger partial charge in [0, 0.05) is 11.4 Å². The van der Waals surface area contributed by atoms with Gasteiger partial charge in [0.25, 0.3) is 0 Å². The lowest BCUT2D eigenvalue weighted by Gasteiger charge is -2.37. The van der Waals surface area contributed by atoms with E-state index < -0.39 is 0 Å². The summed E-state index contributed by atoms with van der Waals surface area (Å²) in [7, 11) is 0. The van der Waals surface area contributed by atoms with Crippen LogP contribution < -0.4 is 5.32 Å². The van der Waals surface area contributed by atoms with E-state index in [9.17, 15) is 0 Å². The Morgan fingerprint density at radius 2 is 1.85 bits per heavy atom. The summed E-state index contributed by atoms with van der Waals surface area (Å²) in [6.45, 7) is 4.66. The Bertz CT molecular complexity index is 357. The van der Waals surface area contributed by atoms with Crippen molar-refractivity contribution in [2.75, 3.05) is 18.8 Å². The van der Waals surface area contributed by atoms with Crippen LogP contribution in [-0.2, 0) is 0 Å². The first-order valence-electron chi connectivity index (χ1n) is 8.23. The van der Waals surface area contributed by atoms with E-state index in [2.05, 4.69) is 42.6 Å². The summed E-state index contributed by atoms with van der Waals surface area (Å²) in [5.74, 6) is 1.26. The molecular formula is C18H29NS. The summed E-state index contributed by atoms with van der Waals surface area (Å²) in [6.07, 6.45) is 9.78. The van der Waals surface area contributed by atoms with Crippen LogP contribution in [0.2, 0.25) is 0 Å². The average Bonchev–Trinajstić information content (AvgIpc) is 2.50. The van der Waals surface area contributed by atoms with Crippen LogP contribution >= 0.6 is 11.8 Å². The normalized spacial score (nSPS) is 18.1. The summed E-state index contributed by atoms with van der Waals surface area (Å²) in [4.78, 5) is 1.42. The Morgan fingerprint density at radius 3 is 2.55 bits per heavy atom. The smallest absolute Gasteiger partial charge is 0.00719 e. The third kappa shape index (κ3) is 5.14. The van der Waals surface area contributed by atoms with E-state index in [4.69, 9.17) is 0 Å². The van der Waals surface area contributed by atoms with Gasteiger partial charge in [0.15, 0.2) is 0 Å². The molecule has 1 aliphatic carbocycles. The zero-order valence-electron chi connectivity index (χ0n) is 12.9. The maximum Gasteiger partial charge on any atom is 0.00719 e. The Labute approximate surface area is 128 Å². The quantitative estimate of drug-likeness (QED) is 0.527. The SMILES string of the molecule is CCCNCC1(CCSc2ccccc2)CCCCC1. The lowest BCUT2D eigenvalue weighted by atomic mass is 9.72. The molecule has 112 valence electrons. The Balaban J connectivity index is 1.80. The molecule has 0 spiro atoms. The molecule has 0 atom stereocenters. The van der Waals surface area contributed by atoms with Crippen molar-refractivity contribution in [1.82, 2.24) is 5.32 Å². The molecule has 2 heteroatoms. The van der Waals surface area contributed by atoms with Crippen LogP contribution in [0.1, 0.15) is 51.9 Å². The van der Waals surface area contributed by atoms with Crippen molar-refractivity contribution in [1.29, 1.82) is 0 Å². The van der Waals surface area contributed by atoms with Crippen molar-refractivity contribution in [3.05, 3.63) is 30.3 Å². The van der Waals surface area contributed by atoms with E-state index in [0.717, 1.165) is 0 Å². The van der Waals surface area contributed by atoms with E-state index in [0.29, 0.717) is 5.41 Å². The summed E-state index contributed by atoms with van der Waals surface area (Å²) >= 11 is 2.02. The van der Waals surface area contributed by atoms with E-state index in [1.165, 1.54) is 68.7 Å². The first-order chi connectivity index (χ1) is 9.85. The van der Waals surface area contributed by atoms with Gasteiger partial charge in [0.1, 0.15) is 0 Å². The molecule has 1 aromatic carbocycles. The zero-order valence-corrected chi connectivity index (χ0v) is 13.7. The van der Waals surface area contributed by atoms with Crippen molar-refractivity contribution >= 4 is 11.8 Å². The van der Waals surface area contributed by atoms with Gasteiger partial charge in [0.2, 0.25) is 0 Å². The lowest BCUT2D eigenvalue weighted by Crippen LogP contribution is -2.37. The van der Waals surface area contributed by atoms with Gasteiger partial charge in [-0.25, -0.2) is 0 Å². The minimum Gasteiger partial charge on any atom is -0.316 e. The molecule has 1 saturated carbocycles. The topological polar surface area (TPSA) is 12.0 Å². The van der Waals surface area contributed by atoms with Crippen LogP contribution in [0.3, 0.4) is 0 Å². The third-order valence-corrected chi connectivity index (χ3v) is 5.50. The second-order valence-corrected chi connectivity index (χ2v) is 7.32. The highest BCUT2D eigenvalue weighted by molar-refractivity contribution is 7.99. The molecule has 0 radical (unpaired) electrons. The summed E-state index contributed by atoms with van der Waals surface area (Å²) < 4.78 is 0. The summed E-state index contributed by atoms with van der Waals surface area (Å²) in [5.41, 5.74) is 0.579. The van der Waals surface area contributed by atoms with Crippen LogP contribution in [0.5, 0.6) is 0 Å². The van der Waals surface area contributed by atoms with Crippen LogP contribution in [-0.4, -0.2) is 18.8 Å². The second kappa shape index (κ2) is 8.74. The highest BCUT2D eigenvalue weighted by atomic mass is 32.2. The molecule has 0 bridgehead atoms. The van der Waals surface area contributed by atoms with Crippen molar-refractivity contribution < 1.29 is 0 Å². The Morgan fingerprint density at radius 1 is 1.10 bits per heavy atom. The molecule has 1 fully saturated rings. The number of thioether (sulfide) groups is 1. The van der Waals surface area contributed by atoms with Gasteiger partial charge in [-0.05, 0) is 55.5 Å². The van der Waals surface area contributed by atoms with Crippen LogP contribution in [0, 0.1) is 5.41 Å². The van der Waals surface area contributed by atoms with E-state index in [1.807, 2.05) is 11.8 Å². The summed E-state index contributed by atoms with van der Waals surface area (Å²) in [6, 6.07) is 10.8. The number of hydrogen-bond donors (Lipinski definition) is 1. The van der Waals surface area contributed by atoms with Gasteiger partial charge in [-0.1, -0.05) is 44.4 Å². The fraction of sp³-hybridized carbons (Fsp3) is 0.667. The van der Waals surface area contributed by atoms with E-state index in [-0.39, 0.29) is 0 Å². The van der Waals surface area contributed by atoms with Crippen molar-refractivity contribution in [3.8, 4) is 0 Å². The number of nitrogens with one attached hydrogen (secondary N) is 1. The standard InChI is InChI=1S/C18H29NS/c1-2-14-19-16-18(11-7-4-8-12-18)13-15-20-17-9-5-3-6-10-17/h3,5-6,9-10,19H,2,4,7-8,11-16H2,1H3. The molecule has 0 saturated heterocycles. The van der Waals surface area contributed by atoms with E-state index in [1.54, 1.807) is 0 Å². The molecule has 0 amide bonds. The molecule has 1 aromatic rings. The number of rotatable bonds is 8. The van der Waals surface area contributed by atoms with Gasteiger partial charge in [0.05, 0.1) is 0 Å². The maximum absolute atomic E-state index is 3.69. The molecule has 1 nitrogen and oxygen atoms in total. The van der Waals surface area contributed by atoms with Gasteiger partial charge >= 0.3 is 0 Å². The maximum atomic E-state index is 3.69. The van der Waals surface area contributed by atoms with Crippen LogP contribution in [0.25, 0.3) is 0 Å². The van der Waals surface area contributed by atoms with Gasteiger partial charge in [-0.15, -0.1) is 11.8 Å². The third-order valence-electron chi connectivity index (χ3n) is 4.49. The molecule has 0 unspecified atom stereocenters. The van der Waals surface area contributed by atoms with Gasteiger partial charge < -0.3 is 5.32 Å². The van der Waals surface area contributed by atoms with Crippen molar-refractivity contribution in [2.24, 2.45) is 5.41 Å². The molecule has 1 N–H and O–H groups in total. The lowest BCUT2D eigenvalue weighted by molar-refractivity contribution is 0.176. The van der Waals surface area contributed by atoms with Crippen molar-refractivity contribution in [2.45, 2.75) is 56.8 Å². The molecule has 1 aliphatic rings. The first kappa shape index (κ1) is 15.9. The molecule has 0 aromatic heterocycles. The molecule has 2 rings (SSSR count). The Hall–Kier alpha value is -0.470. The second-order valence-electron chi connectivity index (χ2n) is 6.15. The number of benzene rings is 1. The predicted octanol–water partition coefficient (Wildman–Crippen LogP) is 5.12. The minimum absolute atomic E-state index is 0.579. The highest BCUT2D eigenvalue weighted by Crippen LogP contribution is 2.40. The molecule has 0 aliphatic heterocycles. The predicted molar refractivity (Wildman–Crippen MR) is 90.5 cm³/mol. The van der Waals surface area contributed by atoms with Crippen LogP contribution in [0.15, 0.2) is 35.2 Å². The largest absolute Gasteiger partial charge is 0.316 e. The Kier molecular flexibility index (Phi) is 6.95. The zero-order chi connectivity index (χ0) is 14.1. The van der Waals surface area contributed by atoms with Crippen molar-refractivity contribution in [3.63, 3.8) is 0 Å². The van der Waals surface area contributed by atoms with E-state index >= 15 is 0 Å². The fourth-order valence-electron chi connectivity index (χ4n) is 3.25. The molecule has 20 heavy (non-hydrogen) atoms. The summed E-state index contributed by atoms with van der Waals surface area (Å²) in [5, 5.41) is 3.69. The van der Waals surface area contributed by atoms with Crippen LogP contribution in [0.4, 0.5) is 0 Å².